The van der Waals surface area contributed by atoms with E-state index in [0.717, 1.165) is 0 Å². The molecule has 5 aromatic carbocycles. The van der Waals surface area contributed by atoms with Gasteiger partial charge in [-0.3, -0.25) is 0 Å². The quantitative estimate of drug-likeness (QED) is 0.201. The first-order chi connectivity index (χ1) is 13.4. The van der Waals surface area contributed by atoms with E-state index in [0.29, 0.717) is 0 Å². The fraction of sp³-hybridized carbons (Fsp3) is 0.0370. The van der Waals surface area contributed by atoms with Crippen LogP contribution < -0.4 is 0 Å². The van der Waals surface area contributed by atoms with Crippen molar-refractivity contribution in [1.29, 1.82) is 0 Å². The minimum atomic E-state index is 1.19. The molecule has 27 heavy (non-hydrogen) atoms. The first kappa shape index (κ1) is 14.8. The van der Waals surface area contributed by atoms with Gasteiger partial charge in [-0.05, 0) is 60.7 Å². The van der Waals surface area contributed by atoms with E-state index in [2.05, 4.69) is 97.1 Å². The molecule has 7 rings (SSSR count). The Morgan fingerprint density at radius 3 is 1.07 bits per heavy atom. The lowest BCUT2D eigenvalue weighted by Crippen LogP contribution is -1.85. The number of hydrogen-bond donors (Lipinski definition) is 0. The summed E-state index contributed by atoms with van der Waals surface area (Å²) in [6.07, 6.45) is 9.90. The summed E-state index contributed by atoms with van der Waals surface area (Å²) in [5, 5.41) is 10.9. The fourth-order valence-electron chi connectivity index (χ4n) is 4.59. The van der Waals surface area contributed by atoms with Crippen molar-refractivity contribution in [2.75, 3.05) is 0 Å². The Morgan fingerprint density at radius 2 is 0.815 bits per heavy atom. The molecule has 0 N–H and O–H groups in total. The van der Waals surface area contributed by atoms with Crippen molar-refractivity contribution in [1.82, 2.24) is 0 Å². The van der Waals surface area contributed by atoms with Gasteiger partial charge >= 0.3 is 0 Å². The van der Waals surface area contributed by atoms with Crippen LogP contribution >= 0.6 is 0 Å². The van der Waals surface area contributed by atoms with Crippen molar-refractivity contribution in [2.24, 2.45) is 0 Å². The van der Waals surface area contributed by atoms with Crippen LogP contribution in [-0.2, 0) is 0 Å². The van der Waals surface area contributed by atoms with E-state index in [1.165, 1.54) is 60.7 Å². The van der Waals surface area contributed by atoms with Crippen molar-refractivity contribution in [3.05, 3.63) is 108 Å². The number of benzene rings is 5. The van der Waals surface area contributed by atoms with Crippen LogP contribution in [0.5, 0.6) is 0 Å². The van der Waals surface area contributed by atoms with E-state index in [4.69, 9.17) is 0 Å². The number of allylic oxidation sites excluding steroid dienone is 6. The molecule has 0 aliphatic heterocycles. The molecule has 2 bridgehead atoms. The second-order valence-electron chi connectivity index (χ2n) is 7.41. The van der Waals surface area contributed by atoms with Crippen LogP contribution in [-0.4, -0.2) is 0 Å². The average molecular weight is 342 g/mol. The molecule has 0 unspecified atom stereocenters. The third kappa shape index (κ3) is 2.17. The highest BCUT2D eigenvalue weighted by Gasteiger charge is 2.11. The van der Waals surface area contributed by atoms with E-state index in [-0.39, 0.29) is 0 Å². The lowest BCUT2D eigenvalue weighted by Gasteiger charge is -2.13. The summed E-state index contributed by atoms with van der Waals surface area (Å²) in [5.74, 6) is 0. The molecule has 0 saturated carbocycles. The van der Waals surface area contributed by atoms with Crippen LogP contribution in [0, 0.1) is 0 Å². The molecule has 0 amide bonds. The Morgan fingerprint density at radius 1 is 0.444 bits per heavy atom. The molecule has 5 aromatic rings. The van der Waals surface area contributed by atoms with Gasteiger partial charge in [-0.15, -0.1) is 0 Å². The van der Waals surface area contributed by atoms with Crippen molar-refractivity contribution >= 4 is 43.1 Å². The average Bonchev–Trinajstić information content (AvgIpc) is 3.38. The maximum atomic E-state index is 2.25. The molecule has 0 fully saturated rings. The van der Waals surface area contributed by atoms with Crippen LogP contribution in [0.25, 0.3) is 43.1 Å². The molecule has 2 aliphatic carbocycles. The van der Waals surface area contributed by atoms with Crippen molar-refractivity contribution in [2.45, 2.75) is 6.42 Å². The van der Waals surface area contributed by atoms with E-state index < -0.39 is 0 Å². The van der Waals surface area contributed by atoms with Gasteiger partial charge in [-0.2, -0.15) is 0 Å². The summed E-state index contributed by atoms with van der Waals surface area (Å²) in [6.45, 7) is 0. The summed E-state index contributed by atoms with van der Waals surface area (Å²) < 4.78 is 0. The minimum absolute atomic E-state index is 1.19. The Bertz CT molecular complexity index is 1240. The molecule has 0 saturated heterocycles. The van der Waals surface area contributed by atoms with Gasteiger partial charge in [0.05, 0.1) is 0 Å². The monoisotopic (exact) mass is 342 g/mol. The molecule has 0 heteroatoms. The zero-order valence-electron chi connectivity index (χ0n) is 14.9. The molecule has 0 spiro atoms. The minimum Gasteiger partial charge on any atom is -0.0610 e. The molecule has 126 valence electrons. The molecular formula is C27H18. The Balaban J connectivity index is 0.000000175. The molecule has 0 radical (unpaired) electrons. The maximum Gasteiger partial charge on any atom is -0.00258 e. The molecule has 0 heterocycles. The first-order valence-corrected chi connectivity index (χ1v) is 9.50. The predicted octanol–water partition coefficient (Wildman–Crippen LogP) is 7.55. The summed E-state index contributed by atoms with van der Waals surface area (Å²) in [4.78, 5) is 0. The summed E-state index contributed by atoms with van der Waals surface area (Å²) in [5.41, 5.74) is 2.94. The maximum absolute atomic E-state index is 2.25. The SMILES string of the molecule is C1=CC2=CC=C1C2.c1cc2cccc3c4cccc5cccc(c(c1)c23)c54. The molecule has 2 aliphatic rings. The third-order valence-electron chi connectivity index (χ3n) is 5.82. The summed E-state index contributed by atoms with van der Waals surface area (Å²) in [6, 6.07) is 26.4. The van der Waals surface area contributed by atoms with Crippen LogP contribution in [0.2, 0.25) is 0 Å². The predicted molar refractivity (Wildman–Crippen MR) is 118 cm³/mol. The number of hydrogen-bond acceptors (Lipinski definition) is 0. The number of rotatable bonds is 0. The largest absolute Gasteiger partial charge is 0.0610 e. The Labute approximate surface area is 158 Å². The Kier molecular flexibility index (Phi) is 3.04. The van der Waals surface area contributed by atoms with E-state index in [1.54, 1.807) is 0 Å². The zero-order valence-corrected chi connectivity index (χ0v) is 14.9. The van der Waals surface area contributed by atoms with Crippen LogP contribution in [0.15, 0.2) is 108 Å². The highest BCUT2D eigenvalue weighted by atomic mass is 14.1. The standard InChI is InChI=1S/C20H12.C7H6/c1-5-13-6-2-11-17-18-12-4-8-14-7-3-10-16(20(14)18)15(9-1)19(13)17;1-2-7-4-3-6(1)5-7/h1-12H;1-4H,5H2. The van der Waals surface area contributed by atoms with Gasteiger partial charge in [0.2, 0.25) is 0 Å². The van der Waals surface area contributed by atoms with Crippen molar-refractivity contribution < 1.29 is 0 Å². The van der Waals surface area contributed by atoms with Gasteiger partial charge in [0.25, 0.3) is 0 Å². The molecule has 0 atom stereocenters. The smallest absolute Gasteiger partial charge is 0.00258 e. The van der Waals surface area contributed by atoms with Gasteiger partial charge in [0, 0.05) is 0 Å². The van der Waals surface area contributed by atoms with Crippen LogP contribution in [0.3, 0.4) is 0 Å². The second kappa shape index (κ2) is 5.56. The van der Waals surface area contributed by atoms with E-state index in [1.807, 2.05) is 0 Å². The van der Waals surface area contributed by atoms with Crippen LogP contribution in [0.1, 0.15) is 6.42 Å². The fourth-order valence-corrected chi connectivity index (χ4v) is 4.59. The van der Waals surface area contributed by atoms with Gasteiger partial charge in [0.1, 0.15) is 0 Å². The molecular weight excluding hydrogens is 324 g/mol. The van der Waals surface area contributed by atoms with E-state index >= 15 is 0 Å². The molecule has 0 nitrogen and oxygen atoms in total. The van der Waals surface area contributed by atoms with Gasteiger partial charge in [-0.1, -0.05) is 97.1 Å². The Hall–Kier alpha value is -3.38. The highest BCUT2D eigenvalue weighted by Crippen LogP contribution is 2.39. The number of fused-ring (bicyclic) bond motifs is 4. The zero-order chi connectivity index (χ0) is 17.8. The first-order valence-electron chi connectivity index (χ1n) is 9.50. The lowest BCUT2D eigenvalue weighted by molar-refractivity contribution is 1.32. The van der Waals surface area contributed by atoms with Gasteiger partial charge < -0.3 is 0 Å². The topological polar surface area (TPSA) is 0 Å². The van der Waals surface area contributed by atoms with Crippen molar-refractivity contribution in [3.8, 4) is 0 Å². The van der Waals surface area contributed by atoms with Gasteiger partial charge in [0.15, 0.2) is 0 Å². The summed E-state index contributed by atoms with van der Waals surface area (Å²) in [7, 11) is 0. The highest BCUT2D eigenvalue weighted by molar-refractivity contribution is 6.32. The lowest BCUT2D eigenvalue weighted by atomic mass is 9.90. The third-order valence-corrected chi connectivity index (χ3v) is 5.82. The normalized spacial score (nSPS) is 14.8. The van der Waals surface area contributed by atoms with E-state index in [9.17, 15) is 0 Å². The van der Waals surface area contributed by atoms with Crippen LogP contribution in [0.4, 0.5) is 0 Å². The molecule has 0 aromatic heterocycles. The summed E-state index contributed by atoms with van der Waals surface area (Å²) >= 11 is 0. The van der Waals surface area contributed by atoms with Gasteiger partial charge in [-0.25, -0.2) is 0 Å². The second-order valence-corrected chi connectivity index (χ2v) is 7.41. The van der Waals surface area contributed by atoms with Crippen molar-refractivity contribution in [3.63, 3.8) is 0 Å².